The molecule has 2 aromatic heterocycles. The van der Waals surface area contributed by atoms with Gasteiger partial charge in [0.05, 0.1) is 34.0 Å². The molecule has 3 rings (SSSR count). The summed E-state index contributed by atoms with van der Waals surface area (Å²) in [5.74, 6) is -5.23. The maximum absolute atomic E-state index is 14.7. The number of amides is 1. The van der Waals surface area contributed by atoms with E-state index in [1.807, 2.05) is 0 Å². The Morgan fingerprint density at radius 2 is 1.80 bits per heavy atom. The van der Waals surface area contributed by atoms with Crippen molar-refractivity contribution in [2.75, 3.05) is 6.26 Å². The first kappa shape index (κ1) is 32.3. The number of alkyl halides is 3. The van der Waals surface area contributed by atoms with E-state index < -0.39 is 83.3 Å². The van der Waals surface area contributed by atoms with Gasteiger partial charge in [0.2, 0.25) is 0 Å². The molecule has 1 amide bonds. The van der Waals surface area contributed by atoms with Crippen LogP contribution in [0.3, 0.4) is 0 Å². The zero-order valence-electron chi connectivity index (χ0n) is 21.0. The molecule has 0 aliphatic rings. The van der Waals surface area contributed by atoms with Crippen molar-refractivity contribution in [2.24, 2.45) is 19.1 Å². The quantitative estimate of drug-likeness (QED) is 0.111. The lowest BCUT2D eigenvalue weighted by Gasteiger charge is -2.14. The molecule has 0 unspecified atom stereocenters. The lowest BCUT2D eigenvalue weighted by atomic mass is 10.1. The minimum atomic E-state index is -5.21. The Morgan fingerprint density at radius 3 is 2.37 bits per heavy atom. The molecule has 3 N–H and O–H groups in total. The van der Waals surface area contributed by atoms with Crippen molar-refractivity contribution >= 4 is 42.5 Å². The predicted octanol–water partition coefficient (Wildman–Crippen LogP) is 2.59. The SMILES string of the molecule is CSc1c(C(=N)CC(=O)/N=c2\scc(-c3ccc(C(F)(F)F)c(F)c3F)n2COP(=O)(O)O)c(=O)n(C)c(=O)n1C. The Bertz CT molecular complexity index is 1790. The summed E-state index contributed by atoms with van der Waals surface area (Å²) < 4.78 is 86.1. The summed E-state index contributed by atoms with van der Waals surface area (Å²) in [6, 6.07) is 0.845. The normalized spacial score (nSPS) is 12.7. The summed E-state index contributed by atoms with van der Waals surface area (Å²) in [7, 11) is -2.64. The van der Waals surface area contributed by atoms with Gasteiger partial charge in [-0.15, -0.1) is 23.1 Å². The van der Waals surface area contributed by atoms with Gasteiger partial charge in [0.15, 0.2) is 16.4 Å². The molecule has 0 saturated carbocycles. The van der Waals surface area contributed by atoms with Gasteiger partial charge in [-0.05, 0) is 18.4 Å². The first-order chi connectivity index (χ1) is 18.9. The Kier molecular flexibility index (Phi) is 9.41. The fourth-order valence-corrected chi connectivity index (χ4v) is 5.50. The summed E-state index contributed by atoms with van der Waals surface area (Å²) in [5.41, 5.74) is -5.38. The maximum atomic E-state index is 14.7. The number of thioether (sulfide) groups is 1. The van der Waals surface area contributed by atoms with Gasteiger partial charge in [-0.25, -0.2) is 18.1 Å². The molecule has 12 nitrogen and oxygen atoms in total. The zero-order valence-corrected chi connectivity index (χ0v) is 23.6. The first-order valence-electron chi connectivity index (χ1n) is 10.8. The number of halogens is 5. The molecule has 0 fully saturated rings. The Labute approximate surface area is 234 Å². The van der Waals surface area contributed by atoms with Gasteiger partial charge in [0.1, 0.15) is 6.73 Å². The summed E-state index contributed by atoms with van der Waals surface area (Å²) in [6.07, 6.45) is -4.47. The molecule has 0 bridgehead atoms. The van der Waals surface area contributed by atoms with Crippen molar-refractivity contribution in [2.45, 2.75) is 24.4 Å². The van der Waals surface area contributed by atoms with Crippen LogP contribution in [0.15, 0.2) is 37.1 Å². The molecule has 0 atom stereocenters. The lowest BCUT2D eigenvalue weighted by Crippen LogP contribution is -2.41. The molecule has 0 radical (unpaired) electrons. The Morgan fingerprint density at radius 1 is 1.17 bits per heavy atom. The average molecular weight is 644 g/mol. The standard InChI is InChI=1S/C21H19F5N5O7PS2/c1-29-17(33)14(18(40-3)30(2)20(29)34)11(27)6-13(32)28-19-31(8-38-39(35,36)37)12(7-41-19)9-4-5-10(21(24,25)26)16(23)15(9)22/h4-5,7,27H,6,8H2,1-3H3,(H2,35,36,37)/b27-11?,28-19-. The van der Waals surface area contributed by atoms with Crippen molar-refractivity contribution in [3.8, 4) is 11.3 Å². The third kappa shape index (κ3) is 6.82. The topological polar surface area (TPSA) is 169 Å². The molecule has 1 aromatic carbocycles. The van der Waals surface area contributed by atoms with Crippen molar-refractivity contribution in [1.82, 2.24) is 13.7 Å². The van der Waals surface area contributed by atoms with Crippen LogP contribution in [0, 0.1) is 17.0 Å². The molecule has 41 heavy (non-hydrogen) atoms. The minimum absolute atomic E-state index is 0.0965. The molecule has 3 aromatic rings. The number of hydrogen-bond acceptors (Lipinski definition) is 8. The van der Waals surface area contributed by atoms with E-state index >= 15 is 0 Å². The highest BCUT2D eigenvalue weighted by Crippen LogP contribution is 2.38. The van der Waals surface area contributed by atoms with E-state index in [-0.39, 0.29) is 16.7 Å². The van der Waals surface area contributed by atoms with Gasteiger partial charge in [-0.3, -0.25) is 27.8 Å². The predicted molar refractivity (Wildman–Crippen MR) is 137 cm³/mol. The first-order valence-corrected chi connectivity index (χ1v) is 14.5. The van der Waals surface area contributed by atoms with Crippen molar-refractivity contribution < 1.29 is 45.6 Å². The molecular weight excluding hydrogens is 624 g/mol. The molecule has 0 aliphatic carbocycles. The van der Waals surface area contributed by atoms with Gasteiger partial charge < -0.3 is 15.2 Å². The number of phosphoric ester groups is 1. The van der Waals surface area contributed by atoms with Gasteiger partial charge in [0, 0.05) is 25.0 Å². The largest absolute Gasteiger partial charge is 0.471 e. The molecule has 0 spiro atoms. The maximum Gasteiger partial charge on any atom is 0.471 e. The molecular formula is C21H19F5N5O7PS2. The van der Waals surface area contributed by atoms with Crippen LogP contribution in [0.25, 0.3) is 11.3 Å². The van der Waals surface area contributed by atoms with E-state index in [2.05, 4.69) is 9.52 Å². The number of nitrogens with one attached hydrogen (secondary N) is 1. The molecule has 0 aliphatic heterocycles. The van der Waals surface area contributed by atoms with Crippen molar-refractivity contribution in [1.29, 1.82) is 5.41 Å². The van der Waals surface area contributed by atoms with Gasteiger partial charge >= 0.3 is 19.7 Å². The number of carbonyl (C=O) groups excluding carboxylic acids is 1. The molecule has 20 heteroatoms. The number of carbonyl (C=O) groups is 1. The minimum Gasteiger partial charge on any atom is -0.304 e. The lowest BCUT2D eigenvalue weighted by molar-refractivity contribution is -0.140. The van der Waals surface area contributed by atoms with Crippen LogP contribution in [0.5, 0.6) is 0 Å². The molecule has 2 heterocycles. The fraction of sp³-hybridized carbons (Fsp3) is 0.286. The molecule has 0 saturated heterocycles. The van der Waals surface area contributed by atoms with Crippen LogP contribution in [-0.2, 0) is 40.9 Å². The number of aromatic nitrogens is 3. The number of thiazole rings is 1. The number of rotatable bonds is 8. The molecule has 222 valence electrons. The summed E-state index contributed by atoms with van der Waals surface area (Å²) in [5, 5.41) is 9.44. The zero-order chi connectivity index (χ0) is 31.0. The van der Waals surface area contributed by atoms with Crippen molar-refractivity contribution in [3.63, 3.8) is 0 Å². The summed E-state index contributed by atoms with van der Waals surface area (Å²) in [4.78, 5) is 59.1. The fourth-order valence-electron chi connectivity index (χ4n) is 3.57. The van der Waals surface area contributed by atoms with E-state index in [0.29, 0.717) is 22.0 Å². The summed E-state index contributed by atoms with van der Waals surface area (Å²) >= 11 is 1.53. The second-order valence-electron chi connectivity index (χ2n) is 8.12. The van der Waals surface area contributed by atoms with Crippen LogP contribution < -0.4 is 16.1 Å². The average Bonchev–Trinajstić information content (AvgIpc) is 3.25. The summed E-state index contributed by atoms with van der Waals surface area (Å²) in [6.45, 7) is -1.09. The monoisotopic (exact) mass is 643 g/mol. The van der Waals surface area contributed by atoms with E-state index in [1.165, 1.54) is 20.4 Å². The number of nitrogens with zero attached hydrogens (tertiary/aromatic N) is 4. The van der Waals surface area contributed by atoms with Crippen LogP contribution in [0.1, 0.15) is 17.5 Å². The third-order valence-electron chi connectivity index (χ3n) is 5.47. The van der Waals surface area contributed by atoms with Crippen molar-refractivity contribution in [3.05, 3.63) is 65.9 Å². The van der Waals surface area contributed by atoms with Crippen LogP contribution in [0.4, 0.5) is 22.0 Å². The smallest absolute Gasteiger partial charge is 0.304 e. The number of benzene rings is 1. The van der Waals surface area contributed by atoms with Gasteiger partial charge in [0.25, 0.3) is 11.5 Å². The van der Waals surface area contributed by atoms with Crippen LogP contribution in [-0.4, -0.2) is 41.4 Å². The van der Waals surface area contributed by atoms with E-state index in [4.69, 9.17) is 15.2 Å². The highest BCUT2D eigenvalue weighted by Gasteiger charge is 2.36. The van der Waals surface area contributed by atoms with Gasteiger partial charge in [-0.1, -0.05) is 0 Å². The van der Waals surface area contributed by atoms with E-state index in [0.717, 1.165) is 26.3 Å². The number of phosphoric acid groups is 1. The highest BCUT2D eigenvalue weighted by molar-refractivity contribution is 7.98. The highest BCUT2D eigenvalue weighted by atomic mass is 32.2. The van der Waals surface area contributed by atoms with E-state index in [9.17, 15) is 40.9 Å². The second-order valence-corrected chi connectivity index (χ2v) is 11.0. The van der Waals surface area contributed by atoms with Crippen LogP contribution >= 0.6 is 30.9 Å². The second kappa shape index (κ2) is 11.9. The number of hydrogen-bond donors (Lipinski definition) is 3. The van der Waals surface area contributed by atoms with Gasteiger partial charge in [-0.2, -0.15) is 18.2 Å². The van der Waals surface area contributed by atoms with E-state index in [1.54, 1.807) is 0 Å². The Hall–Kier alpha value is -3.22. The Balaban J connectivity index is 2.10. The third-order valence-corrected chi connectivity index (χ3v) is 7.65. The van der Waals surface area contributed by atoms with Crippen LogP contribution in [0.2, 0.25) is 0 Å².